The summed E-state index contributed by atoms with van der Waals surface area (Å²) in [6, 6.07) is 5.44. The first-order valence-electron chi connectivity index (χ1n) is 6.89. The van der Waals surface area contributed by atoms with Gasteiger partial charge in [-0.15, -0.1) is 0 Å². The minimum absolute atomic E-state index is 0.0678. The molecule has 2 rings (SSSR count). The number of nitrogens with two attached hydrogens (primary N) is 1. The lowest BCUT2D eigenvalue weighted by atomic mass is 9.65. The summed E-state index contributed by atoms with van der Waals surface area (Å²) in [6.07, 6.45) is 3.34. The fourth-order valence-corrected chi connectivity index (χ4v) is 3.23. The summed E-state index contributed by atoms with van der Waals surface area (Å²) in [4.78, 5) is 0. The minimum atomic E-state index is -0.0678. The van der Waals surface area contributed by atoms with Gasteiger partial charge in [-0.25, -0.2) is 4.39 Å². The van der Waals surface area contributed by atoms with Gasteiger partial charge >= 0.3 is 0 Å². The van der Waals surface area contributed by atoms with Gasteiger partial charge in [0.15, 0.2) is 0 Å². The molecule has 100 valence electrons. The molecule has 1 aliphatic rings. The van der Waals surface area contributed by atoms with Crippen molar-refractivity contribution in [3.8, 4) is 0 Å². The van der Waals surface area contributed by atoms with E-state index in [0.29, 0.717) is 17.9 Å². The van der Waals surface area contributed by atoms with Gasteiger partial charge in [0.1, 0.15) is 5.82 Å². The molecular formula is C16H24FN. The predicted molar refractivity (Wildman–Crippen MR) is 74.1 cm³/mol. The highest BCUT2D eigenvalue weighted by atomic mass is 19.1. The van der Waals surface area contributed by atoms with Crippen LogP contribution in [0.5, 0.6) is 0 Å². The van der Waals surface area contributed by atoms with E-state index in [9.17, 15) is 4.39 Å². The van der Waals surface area contributed by atoms with Crippen molar-refractivity contribution in [3.05, 3.63) is 35.1 Å². The summed E-state index contributed by atoms with van der Waals surface area (Å²) >= 11 is 0. The van der Waals surface area contributed by atoms with Gasteiger partial charge < -0.3 is 5.73 Å². The van der Waals surface area contributed by atoms with Gasteiger partial charge in [-0.1, -0.05) is 31.5 Å². The maximum atomic E-state index is 14.1. The molecule has 1 nitrogen and oxygen atoms in total. The maximum absolute atomic E-state index is 14.1. The second-order valence-corrected chi connectivity index (χ2v) is 6.53. The maximum Gasteiger partial charge on any atom is 0.126 e. The van der Waals surface area contributed by atoms with Gasteiger partial charge in [-0.2, -0.15) is 0 Å². The molecule has 0 saturated heterocycles. The molecule has 2 unspecified atom stereocenters. The van der Waals surface area contributed by atoms with E-state index in [4.69, 9.17) is 5.73 Å². The van der Waals surface area contributed by atoms with Crippen molar-refractivity contribution >= 4 is 0 Å². The number of aryl methyl sites for hydroxylation is 1. The Balaban J connectivity index is 2.35. The summed E-state index contributed by atoms with van der Waals surface area (Å²) < 4.78 is 14.1. The zero-order valence-corrected chi connectivity index (χ0v) is 11.7. The van der Waals surface area contributed by atoms with Crippen LogP contribution in [0, 0.1) is 24.1 Å². The smallest absolute Gasteiger partial charge is 0.126 e. The third kappa shape index (κ3) is 2.74. The largest absolute Gasteiger partial charge is 0.330 e. The molecule has 1 aliphatic carbocycles. The zero-order chi connectivity index (χ0) is 13.3. The van der Waals surface area contributed by atoms with Crippen molar-refractivity contribution in [2.75, 3.05) is 6.54 Å². The summed E-state index contributed by atoms with van der Waals surface area (Å²) in [5, 5.41) is 0. The van der Waals surface area contributed by atoms with Gasteiger partial charge in [-0.05, 0) is 61.6 Å². The van der Waals surface area contributed by atoms with E-state index in [-0.39, 0.29) is 11.7 Å². The topological polar surface area (TPSA) is 26.0 Å². The third-order valence-electron chi connectivity index (χ3n) is 4.39. The van der Waals surface area contributed by atoms with E-state index < -0.39 is 0 Å². The molecule has 0 spiro atoms. The lowest BCUT2D eigenvalue weighted by molar-refractivity contribution is 0.163. The Morgan fingerprint density at radius 2 is 2.11 bits per heavy atom. The van der Waals surface area contributed by atoms with Crippen LogP contribution in [0.4, 0.5) is 4.39 Å². The molecule has 1 aromatic rings. The van der Waals surface area contributed by atoms with Crippen LogP contribution >= 0.6 is 0 Å². The zero-order valence-electron chi connectivity index (χ0n) is 11.7. The van der Waals surface area contributed by atoms with Crippen molar-refractivity contribution in [2.24, 2.45) is 17.1 Å². The fourth-order valence-electron chi connectivity index (χ4n) is 3.23. The van der Waals surface area contributed by atoms with Crippen LogP contribution in [-0.2, 0) is 0 Å². The highest BCUT2D eigenvalue weighted by molar-refractivity contribution is 5.28. The summed E-state index contributed by atoms with van der Waals surface area (Å²) in [6.45, 7) is 7.24. The molecule has 2 N–H and O–H groups in total. The van der Waals surface area contributed by atoms with Crippen LogP contribution in [0.1, 0.15) is 50.2 Å². The second kappa shape index (κ2) is 5.00. The minimum Gasteiger partial charge on any atom is -0.330 e. The molecule has 1 aromatic carbocycles. The van der Waals surface area contributed by atoms with E-state index in [1.54, 1.807) is 6.07 Å². The first-order valence-corrected chi connectivity index (χ1v) is 6.89. The Hall–Kier alpha value is -0.890. The van der Waals surface area contributed by atoms with Gasteiger partial charge in [-0.3, -0.25) is 0 Å². The second-order valence-electron chi connectivity index (χ2n) is 6.53. The number of halogens is 1. The fraction of sp³-hybridized carbons (Fsp3) is 0.625. The van der Waals surface area contributed by atoms with Crippen LogP contribution in [0.2, 0.25) is 0 Å². The molecule has 0 aliphatic heterocycles. The van der Waals surface area contributed by atoms with Crippen LogP contribution in [-0.4, -0.2) is 6.54 Å². The lowest BCUT2D eigenvalue weighted by Gasteiger charge is -2.41. The van der Waals surface area contributed by atoms with E-state index in [1.807, 2.05) is 19.1 Å². The molecule has 1 saturated carbocycles. The summed E-state index contributed by atoms with van der Waals surface area (Å²) in [7, 11) is 0. The Bertz CT molecular complexity index is 425. The van der Waals surface area contributed by atoms with Crippen LogP contribution < -0.4 is 5.73 Å². The van der Waals surface area contributed by atoms with Gasteiger partial charge in [0.2, 0.25) is 0 Å². The highest BCUT2D eigenvalue weighted by Gasteiger charge is 2.36. The lowest BCUT2D eigenvalue weighted by Crippen LogP contribution is -2.33. The van der Waals surface area contributed by atoms with E-state index in [1.165, 1.54) is 6.42 Å². The number of rotatable bonds is 2. The Labute approximate surface area is 110 Å². The quantitative estimate of drug-likeness (QED) is 0.842. The first-order chi connectivity index (χ1) is 8.43. The number of benzene rings is 1. The predicted octanol–water partition coefficient (Wildman–Crippen LogP) is 4.00. The van der Waals surface area contributed by atoms with Crippen LogP contribution in [0.3, 0.4) is 0 Å². The molecular weight excluding hydrogens is 225 g/mol. The summed E-state index contributed by atoms with van der Waals surface area (Å²) in [5.74, 6) is 0.634. The summed E-state index contributed by atoms with van der Waals surface area (Å²) in [5.41, 5.74) is 8.19. The highest BCUT2D eigenvalue weighted by Crippen LogP contribution is 2.46. The Morgan fingerprint density at radius 1 is 1.39 bits per heavy atom. The van der Waals surface area contributed by atoms with Crippen molar-refractivity contribution in [3.63, 3.8) is 0 Å². The monoisotopic (exact) mass is 249 g/mol. The molecule has 18 heavy (non-hydrogen) atoms. The number of hydrogen-bond acceptors (Lipinski definition) is 1. The average Bonchev–Trinajstić information content (AvgIpc) is 2.31. The SMILES string of the molecule is Cc1ccc(F)c(C2CC(C)(C)CCC2CN)c1. The van der Waals surface area contributed by atoms with Gasteiger partial charge in [0, 0.05) is 0 Å². The molecule has 2 atom stereocenters. The molecule has 0 aromatic heterocycles. The average molecular weight is 249 g/mol. The van der Waals surface area contributed by atoms with Crippen LogP contribution in [0.15, 0.2) is 18.2 Å². The Kier molecular flexibility index (Phi) is 3.76. The third-order valence-corrected chi connectivity index (χ3v) is 4.39. The van der Waals surface area contributed by atoms with Gasteiger partial charge in [0.25, 0.3) is 0 Å². The van der Waals surface area contributed by atoms with Crippen molar-refractivity contribution in [1.82, 2.24) is 0 Å². The molecule has 1 fully saturated rings. The van der Waals surface area contributed by atoms with Crippen molar-refractivity contribution in [1.29, 1.82) is 0 Å². The normalized spacial score (nSPS) is 27.2. The van der Waals surface area contributed by atoms with Crippen molar-refractivity contribution in [2.45, 2.75) is 46.0 Å². The molecule has 0 amide bonds. The molecule has 0 radical (unpaired) electrons. The van der Waals surface area contributed by atoms with Crippen LogP contribution in [0.25, 0.3) is 0 Å². The molecule has 0 bridgehead atoms. The molecule has 2 heteroatoms. The first kappa shape index (κ1) is 13.5. The standard InChI is InChI=1S/C16H24FN/c1-11-4-5-15(17)13(8-11)14-9-16(2,3)7-6-12(14)10-18/h4-5,8,12,14H,6-7,9-10,18H2,1-3H3. The van der Waals surface area contributed by atoms with Crippen molar-refractivity contribution < 1.29 is 4.39 Å². The number of hydrogen-bond donors (Lipinski definition) is 1. The van der Waals surface area contributed by atoms with E-state index in [0.717, 1.165) is 24.0 Å². The van der Waals surface area contributed by atoms with E-state index in [2.05, 4.69) is 13.8 Å². The van der Waals surface area contributed by atoms with Gasteiger partial charge in [0.05, 0.1) is 0 Å². The van der Waals surface area contributed by atoms with E-state index >= 15 is 0 Å². The molecule has 0 heterocycles. The Morgan fingerprint density at radius 3 is 2.78 bits per heavy atom.